The van der Waals surface area contributed by atoms with E-state index in [4.69, 9.17) is 19.6 Å². The summed E-state index contributed by atoms with van der Waals surface area (Å²) >= 11 is 0. The number of amides is 1. The molecule has 192 valence electrons. The number of rotatable bonds is 5. The molecule has 36 heavy (non-hydrogen) atoms. The minimum Gasteiger partial charge on any atom is -0.475 e. The van der Waals surface area contributed by atoms with Crippen molar-refractivity contribution in [2.75, 3.05) is 30.4 Å². The van der Waals surface area contributed by atoms with Gasteiger partial charge in [-0.25, -0.2) is 19.4 Å². The van der Waals surface area contributed by atoms with Gasteiger partial charge in [0.25, 0.3) is 5.95 Å². The van der Waals surface area contributed by atoms with Crippen LogP contribution in [0.3, 0.4) is 0 Å². The van der Waals surface area contributed by atoms with E-state index in [-0.39, 0.29) is 12.0 Å². The third-order valence-corrected chi connectivity index (χ3v) is 4.96. The number of nitrogens with zero attached hydrogens (tertiary/aromatic N) is 6. The summed E-state index contributed by atoms with van der Waals surface area (Å²) in [6, 6.07) is 9.47. The van der Waals surface area contributed by atoms with Crippen LogP contribution >= 0.6 is 0 Å². The van der Waals surface area contributed by atoms with Crippen LogP contribution in [0.4, 0.5) is 24.8 Å². The van der Waals surface area contributed by atoms with Crippen LogP contribution in [0.25, 0.3) is 17.3 Å². The normalized spacial score (nSPS) is 13.5. The van der Waals surface area contributed by atoms with E-state index in [0.29, 0.717) is 23.2 Å². The van der Waals surface area contributed by atoms with Gasteiger partial charge in [-0.15, -0.1) is 0 Å². The number of hydrogen-bond donors (Lipinski definition) is 2. The van der Waals surface area contributed by atoms with Crippen molar-refractivity contribution in [3.8, 4) is 17.3 Å². The van der Waals surface area contributed by atoms with Crippen LogP contribution in [0.5, 0.6) is 0 Å². The SMILES string of the molecule is COC1CN(c2cccc(-c3cc(NC(C)=O)nc(-n4nc(C)cc4C)n3)n2)C1.O=C(O)C(F)(F)F. The Hall–Kier alpha value is -4.07. The number of halogens is 3. The molecule has 0 unspecified atom stereocenters. The van der Waals surface area contributed by atoms with Gasteiger partial charge in [-0.3, -0.25) is 4.79 Å². The lowest BCUT2D eigenvalue weighted by molar-refractivity contribution is -0.192. The molecule has 4 rings (SSSR count). The van der Waals surface area contributed by atoms with Crippen molar-refractivity contribution < 1.29 is 32.6 Å². The monoisotopic (exact) mass is 507 g/mol. The number of aromatic nitrogens is 5. The van der Waals surface area contributed by atoms with Gasteiger partial charge >= 0.3 is 12.1 Å². The summed E-state index contributed by atoms with van der Waals surface area (Å²) in [7, 11) is 1.72. The van der Waals surface area contributed by atoms with Crippen molar-refractivity contribution in [1.29, 1.82) is 0 Å². The first-order chi connectivity index (χ1) is 16.9. The Kier molecular flexibility index (Phi) is 7.87. The summed E-state index contributed by atoms with van der Waals surface area (Å²) in [5.74, 6) is -1.31. The van der Waals surface area contributed by atoms with Crippen molar-refractivity contribution >= 4 is 23.5 Å². The average Bonchev–Trinajstić information content (AvgIpc) is 3.10. The molecule has 2 N–H and O–H groups in total. The number of methoxy groups -OCH3 is 1. The number of anilines is 2. The maximum atomic E-state index is 11.6. The highest BCUT2D eigenvalue weighted by Gasteiger charge is 2.38. The van der Waals surface area contributed by atoms with Gasteiger partial charge in [0.1, 0.15) is 11.6 Å². The molecule has 1 amide bonds. The number of aliphatic carboxylic acids is 1. The number of nitrogens with one attached hydrogen (secondary N) is 1. The molecular formula is C22H24F3N7O4. The summed E-state index contributed by atoms with van der Waals surface area (Å²) in [6.07, 6.45) is -4.84. The Bertz CT molecular complexity index is 1260. The lowest BCUT2D eigenvalue weighted by Gasteiger charge is -2.39. The zero-order valence-corrected chi connectivity index (χ0v) is 19.9. The maximum absolute atomic E-state index is 11.6. The lowest BCUT2D eigenvalue weighted by atomic mass is 10.1. The molecule has 1 fully saturated rings. The second kappa shape index (κ2) is 10.7. The Labute approximate surface area is 203 Å². The van der Waals surface area contributed by atoms with E-state index in [1.54, 1.807) is 17.9 Å². The summed E-state index contributed by atoms with van der Waals surface area (Å²) in [5.41, 5.74) is 3.07. The van der Waals surface area contributed by atoms with E-state index in [1.165, 1.54) is 6.92 Å². The number of hydrogen-bond acceptors (Lipinski definition) is 8. The first kappa shape index (κ1) is 26.5. The van der Waals surface area contributed by atoms with Crippen LogP contribution in [0.1, 0.15) is 18.3 Å². The number of carbonyl (C=O) groups excluding carboxylic acids is 1. The van der Waals surface area contributed by atoms with Crippen LogP contribution in [-0.4, -0.2) is 74.2 Å². The number of alkyl halides is 3. The van der Waals surface area contributed by atoms with Crippen LogP contribution in [-0.2, 0) is 14.3 Å². The van der Waals surface area contributed by atoms with E-state index < -0.39 is 12.1 Å². The number of ether oxygens (including phenoxy) is 1. The molecule has 1 saturated heterocycles. The number of carboxylic acids is 1. The van der Waals surface area contributed by atoms with Gasteiger partial charge in [0, 0.05) is 38.9 Å². The zero-order valence-electron chi connectivity index (χ0n) is 19.9. The minimum absolute atomic E-state index is 0.207. The molecule has 14 heteroatoms. The third kappa shape index (κ3) is 6.53. The van der Waals surface area contributed by atoms with Crippen molar-refractivity contribution in [3.63, 3.8) is 0 Å². The number of carbonyl (C=O) groups is 2. The predicted octanol–water partition coefficient (Wildman–Crippen LogP) is 2.77. The summed E-state index contributed by atoms with van der Waals surface area (Å²) < 4.78 is 38.7. The van der Waals surface area contributed by atoms with E-state index in [1.807, 2.05) is 38.1 Å². The third-order valence-electron chi connectivity index (χ3n) is 4.96. The highest BCUT2D eigenvalue weighted by atomic mass is 19.4. The number of carboxylic acid groups (broad SMARTS) is 1. The molecule has 0 radical (unpaired) electrons. The van der Waals surface area contributed by atoms with E-state index in [0.717, 1.165) is 30.3 Å². The van der Waals surface area contributed by atoms with Gasteiger partial charge in [-0.1, -0.05) is 6.07 Å². The molecule has 0 atom stereocenters. The van der Waals surface area contributed by atoms with E-state index in [9.17, 15) is 18.0 Å². The van der Waals surface area contributed by atoms with Crippen molar-refractivity contribution in [2.24, 2.45) is 0 Å². The van der Waals surface area contributed by atoms with Crippen LogP contribution < -0.4 is 10.2 Å². The fraction of sp³-hybridized carbons (Fsp3) is 0.364. The Morgan fingerprint density at radius 2 is 1.78 bits per heavy atom. The fourth-order valence-electron chi connectivity index (χ4n) is 3.25. The average molecular weight is 507 g/mol. The van der Waals surface area contributed by atoms with E-state index in [2.05, 4.69) is 25.3 Å². The lowest BCUT2D eigenvalue weighted by Crippen LogP contribution is -2.52. The molecule has 4 heterocycles. The molecule has 0 aliphatic carbocycles. The van der Waals surface area contributed by atoms with Gasteiger partial charge in [-0.2, -0.15) is 23.3 Å². The summed E-state index contributed by atoms with van der Waals surface area (Å²) in [5, 5.41) is 14.3. The molecule has 1 aliphatic rings. The maximum Gasteiger partial charge on any atom is 0.490 e. The smallest absolute Gasteiger partial charge is 0.475 e. The Morgan fingerprint density at radius 1 is 1.11 bits per heavy atom. The number of pyridine rings is 1. The molecule has 0 spiro atoms. The molecule has 3 aromatic rings. The van der Waals surface area contributed by atoms with E-state index >= 15 is 0 Å². The second-order valence-electron chi connectivity index (χ2n) is 7.91. The second-order valence-corrected chi connectivity index (χ2v) is 7.91. The number of aryl methyl sites for hydroxylation is 2. The quantitative estimate of drug-likeness (QED) is 0.534. The van der Waals surface area contributed by atoms with Crippen molar-refractivity contribution in [1.82, 2.24) is 24.7 Å². The van der Waals surface area contributed by atoms with Gasteiger partial charge < -0.3 is 20.1 Å². The highest BCUT2D eigenvalue weighted by Crippen LogP contribution is 2.25. The largest absolute Gasteiger partial charge is 0.490 e. The van der Waals surface area contributed by atoms with Crippen LogP contribution in [0.2, 0.25) is 0 Å². The van der Waals surface area contributed by atoms with Gasteiger partial charge in [-0.05, 0) is 32.0 Å². The molecule has 1 aliphatic heterocycles. The minimum atomic E-state index is -5.08. The zero-order chi connectivity index (χ0) is 26.6. The first-order valence-electron chi connectivity index (χ1n) is 10.6. The fourth-order valence-corrected chi connectivity index (χ4v) is 3.25. The molecule has 0 bridgehead atoms. The Morgan fingerprint density at radius 3 is 2.31 bits per heavy atom. The Balaban J connectivity index is 0.000000454. The van der Waals surface area contributed by atoms with Crippen molar-refractivity contribution in [3.05, 3.63) is 41.7 Å². The summed E-state index contributed by atoms with van der Waals surface area (Å²) in [4.78, 5) is 36.5. The molecule has 11 nitrogen and oxygen atoms in total. The topological polar surface area (TPSA) is 135 Å². The highest BCUT2D eigenvalue weighted by molar-refractivity contribution is 5.88. The summed E-state index contributed by atoms with van der Waals surface area (Å²) in [6.45, 7) is 6.91. The van der Waals surface area contributed by atoms with Crippen LogP contribution in [0, 0.1) is 13.8 Å². The molecule has 0 aromatic carbocycles. The predicted molar refractivity (Wildman–Crippen MR) is 123 cm³/mol. The standard InChI is InChI=1S/C20H23N7O2.C2HF3O2/c1-12-8-13(2)27(25-12)20-23-17(9-18(24-20)21-14(3)28)16-6-5-7-19(22-16)26-10-15(11-26)29-4;3-2(4,5)1(6)7/h5-9,15H,10-11H2,1-4H3,(H,21,23,24,28);(H,6,7). The van der Waals surface area contributed by atoms with Crippen LogP contribution in [0.15, 0.2) is 30.3 Å². The van der Waals surface area contributed by atoms with Crippen molar-refractivity contribution in [2.45, 2.75) is 33.1 Å². The van der Waals surface area contributed by atoms with Gasteiger partial charge in [0.05, 0.1) is 23.2 Å². The first-order valence-corrected chi connectivity index (χ1v) is 10.6. The molecule has 3 aromatic heterocycles. The molecule has 0 saturated carbocycles. The van der Waals surface area contributed by atoms with Gasteiger partial charge in [0.15, 0.2) is 0 Å². The molecular weight excluding hydrogens is 483 g/mol. The van der Waals surface area contributed by atoms with Gasteiger partial charge in [0.2, 0.25) is 5.91 Å².